The molecule has 3 aliphatic heterocycles. The van der Waals surface area contributed by atoms with Crippen LogP contribution in [0.2, 0.25) is 0 Å². The van der Waals surface area contributed by atoms with Gasteiger partial charge in [-0.05, 0) is 111 Å². The molecule has 0 aromatic heterocycles. The lowest BCUT2D eigenvalue weighted by atomic mass is 9.96. The van der Waals surface area contributed by atoms with Gasteiger partial charge in [-0.2, -0.15) is 0 Å². The van der Waals surface area contributed by atoms with Crippen LogP contribution >= 0.6 is 0 Å². The van der Waals surface area contributed by atoms with Crippen LogP contribution in [0.3, 0.4) is 0 Å². The van der Waals surface area contributed by atoms with Gasteiger partial charge in [0, 0.05) is 44.8 Å². The maximum Gasteiger partial charge on any atom is 0.312 e. The first-order chi connectivity index (χ1) is 28.1. The van der Waals surface area contributed by atoms with E-state index in [1.807, 2.05) is 85.8 Å². The van der Waals surface area contributed by atoms with E-state index in [-0.39, 0.29) is 29.6 Å². The number of hydrogen-bond donors (Lipinski definition) is 3. The molecule has 7 rings (SSSR count). The van der Waals surface area contributed by atoms with Crippen molar-refractivity contribution in [3.63, 3.8) is 0 Å². The molecule has 3 N–H and O–H groups in total. The van der Waals surface area contributed by atoms with Gasteiger partial charge in [0.2, 0.25) is 0 Å². The molecule has 3 fully saturated rings. The first-order valence-corrected chi connectivity index (χ1v) is 20.4. The molecule has 4 atom stereocenters. The molecule has 0 bridgehead atoms. The number of nitrogens with zero attached hydrogens (tertiary/aromatic N) is 4. The van der Waals surface area contributed by atoms with E-state index < -0.39 is 29.7 Å². The van der Waals surface area contributed by atoms with E-state index in [1.54, 1.807) is 39.0 Å². The van der Waals surface area contributed by atoms with Crippen LogP contribution in [-0.2, 0) is 44.9 Å². The summed E-state index contributed by atoms with van der Waals surface area (Å²) in [6, 6.07) is 30.7. The normalized spacial score (nSPS) is 20.7. The van der Waals surface area contributed by atoms with E-state index in [9.17, 15) is 29.4 Å². The Labute approximate surface area is 340 Å². The highest BCUT2D eigenvalue weighted by Crippen LogP contribution is 2.27. The predicted octanol–water partition coefficient (Wildman–Crippen LogP) is 3.97. The topological polar surface area (TPSA) is 143 Å². The molecule has 3 aliphatic rings. The molecule has 4 aromatic rings. The number of carbonyl (C=O) groups is 4. The van der Waals surface area contributed by atoms with Gasteiger partial charge in [0.05, 0.1) is 18.7 Å². The third kappa shape index (κ3) is 9.79. The third-order valence-corrected chi connectivity index (χ3v) is 11.7. The molecule has 0 unspecified atom stereocenters. The molecule has 0 spiro atoms. The Kier molecular flexibility index (Phi) is 12.9. The summed E-state index contributed by atoms with van der Waals surface area (Å²) in [5.41, 5.74) is 3.96. The number of ether oxygens (including phenoxy) is 1. The number of carbonyl (C=O) groups excluding carboxylic acids is 4. The van der Waals surface area contributed by atoms with Gasteiger partial charge in [-0.15, -0.1) is 0 Å². The van der Waals surface area contributed by atoms with E-state index in [0.29, 0.717) is 65.0 Å². The Bertz CT molecular complexity index is 2030. The fourth-order valence-electron chi connectivity index (χ4n) is 8.68. The monoisotopic (exact) mass is 787 g/mol. The highest BCUT2D eigenvalue weighted by molar-refractivity contribution is 6.36. The molecular formula is C46H53N5O7. The zero-order valence-electron chi connectivity index (χ0n) is 33.0. The number of benzene rings is 4. The molecular weight excluding hydrogens is 735 g/mol. The Morgan fingerprint density at radius 1 is 0.707 bits per heavy atom. The summed E-state index contributed by atoms with van der Waals surface area (Å²) < 4.78 is 5.61. The average molecular weight is 788 g/mol. The van der Waals surface area contributed by atoms with E-state index in [2.05, 4.69) is 10.2 Å². The van der Waals surface area contributed by atoms with E-state index in [4.69, 9.17) is 4.74 Å². The van der Waals surface area contributed by atoms with Gasteiger partial charge in [0.25, 0.3) is 0 Å². The highest BCUT2D eigenvalue weighted by Gasteiger charge is 2.44. The molecule has 4 amide bonds. The van der Waals surface area contributed by atoms with Crippen molar-refractivity contribution in [3.8, 4) is 17.2 Å². The zero-order chi connectivity index (χ0) is 40.6. The lowest BCUT2D eigenvalue weighted by molar-refractivity contribution is -0.161. The van der Waals surface area contributed by atoms with Gasteiger partial charge in [0.1, 0.15) is 17.2 Å². The largest absolute Gasteiger partial charge is 0.508 e. The highest BCUT2D eigenvalue weighted by atomic mass is 16.5. The number of likely N-dealkylation sites (tertiary alicyclic amines) is 1. The van der Waals surface area contributed by atoms with Crippen molar-refractivity contribution in [2.24, 2.45) is 0 Å². The maximum atomic E-state index is 14.4. The Morgan fingerprint density at radius 2 is 1.34 bits per heavy atom. The SMILES string of the molecule is CCOc1ccc(CCN2C(=O)C(=O)N([C@@H](Cc3ccc(O)cc3)CN3CCC[C@H]3CN3C(=O)C(=O)NC[C@@H]3Cc3ccccc3)C[C@@H]2Cc2ccc(O)cc2)cc1. The molecule has 4 aromatic carbocycles. The molecule has 3 saturated heterocycles. The summed E-state index contributed by atoms with van der Waals surface area (Å²) in [7, 11) is 0. The maximum absolute atomic E-state index is 14.4. The minimum Gasteiger partial charge on any atom is -0.508 e. The smallest absolute Gasteiger partial charge is 0.312 e. The lowest BCUT2D eigenvalue weighted by Crippen LogP contribution is -2.65. The molecule has 0 aliphatic carbocycles. The fraction of sp³-hybridized carbons (Fsp3) is 0.391. The molecule has 3 heterocycles. The summed E-state index contributed by atoms with van der Waals surface area (Å²) in [5.74, 6) is -1.16. The van der Waals surface area contributed by atoms with Crippen LogP contribution in [-0.4, -0.2) is 123 Å². The second-order valence-corrected chi connectivity index (χ2v) is 15.6. The first kappa shape index (κ1) is 40.3. The quantitative estimate of drug-likeness (QED) is 0.145. The van der Waals surface area contributed by atoms with Crippen molar-refractivity contribution in [2.75, 3.05) is 45.9 Å². The van der Waals surface area contributed by atoms with Crippen LogP contribution in [0.5, 0.6) is 17.2 Å². The van der Waals surface area contributed by atoms with E-state index in [1.165, 1.54) is 0 Å². The standard InChI is InChI=1S/C46H53N5O7/c1-2-58-42-20-14-32(15-21-42)22-24-49-39(27-35-12-18-41(53)19-13-35)31-51(46(57)45(49)56)38(26-34-10-16-40(52)17-11-34)29-48-23-6-9-36(48)30-50-37(28-47-43(54)44(50)55)25-33-7-4-3-5-8-33/h3-5,7-8,10-21,36-39,52-53H,2,6,9,22-31H2,1H3,(H,47,54)/t36-,37-,38-,39-/m0/s1. The fourth-order valence-corrected chi connectivity index (χ4v) is 8.68. The predicted molar refractivity (Wildman–Crippen MR) is 219 cm³/mol. The number of phenols is 2. The van der Waals surface area contributed by atoms with Gasteiger partial charge in [0.15, 0.2) is 0 Å². The lowest BCUT2D eigenvalue weighted by Gasteiger charge is -2.45. The molecule has 0 radical (unpaired) electrons. The Morgan fingerprint density at radius 3 is 2.03 bits per heavy atom. The van der Waals surface area contributed by atoms with Crippen molar-refractivity contribution in [1.29, 1.82) is 0 Å². The minimum absolute atomic E-state index is 0.0514. The van der Waals surface area contributed by atoms with E-state index >= 15 is 0 Å². The molecule has 12 nitrogen and oxygen atoms in total. The van der Waals surface area contributed by atoms with Crippen LogP contribution in [0.25, 0.3) is 0 Å². The summed E-state index contributed by atoms with van der Waals surface area (Å²) in [5, 5.41) is 22.9. The van der Waals surface area contributed by atoms with Crippen molar-refractivity contribution in [1.82, 2.24) is 24.9 Å². The number of nitrogens with one attached hydrogen (secondary N) is 1. The molecule has 304 valence electrons. The third-order valence-electron chi connectivity index (χ3n) is 11.7. The van der Waals surface area contributed by atoms with Crippen molar-refractivity contribution in [3.05, 3.63) is 125 Å². The second-order valence-electron chi connectivity index (χ2n) is 15.6. The number of hydrogen-bond acceptors (Lipinski definition) is 8. The molecule has 0 saturated carbocycles. The van der Waals surface area contributed by atoms with Crippen molar-refractivity contribution < 1.29 is 34.1 Å². The molecule has 58 heavy (non-hydrogen) atoms. The summed E-state index contributed by atoms with van der Waals surface area (Å²) >= 11 is 0. The number of phenolic OH excluding ortho intramolecular Hbond substituents is 2. The summed E-state index contributed by atoms with van der Waals surface area (Å²) in [6.45, 7) is 5.12. The van der Waals surface area contributed by atoms with Crippen LogP contribution in [0, 0.1) is 0 Å². The number of piperazine rings is 2. The zero-order valence-corrected chi connectivity index (χ0v) is 33.0. The Balaban J connectivity index is 1.14. The minimum atomic E-state index is -0.594. The summed E-state index contributed by atoms with van der Waals surface area (Å²) in [6.07, 6.45) is 3.82. The van der Waals surface area contributed by atoms with Gasteiger partial charge >= 0.3 is 23.6 Å². The van der Waals surface area contributed by atoms with Crippen LogP contribution < -0.4 is 10.1 Å². The van der Waals surface area contributed by atoms with Crippen LogP contribution in [0.1, 0.15) is 42.0 Å². The van der Waals surface area contributed by atoms with Gasteiger partial charge in [-0.3, -0.25) is 24.1 Å². The number of rotatable bonds is 16. The Hall–Kier alpha value is -5.88. The van der Waals surface area contributed by atoms with Crippen molar-refractivity contribution in [2.45, 2.75) is 69.6 Å². The van der Waals surface area contributed by atoms with Gasteiger partial charge in [-0.1, -0.05) is 66.7 Å². The summed E-state index contributed by atoms with van der Waals surface area (Å²) in [4.78, 5) is 62.3. The van der Waals surface area contributed by atoms with Crippen LogP contribution in [0.15, 0.2) is 103 Å². The van der Waals surface area contributed by atoms with Gasteiger partial charge < -0.3 is 35.0 Å². The average Bonchev–Trinajstić information content (AvgIpc) is 3.67. The van der Waals surface area contributed by atoms with Crippen LogP contribution in [0.4, 0.5) is 0 Å². The second kappa shape index (κ2) is 18.6. The number of aromatic hydroxyl groups is 2. The van der Waals surface area contributed by atoms with Crippen molar-refractivity contribution >= 4 is 23.6 Å². The first-order valence-electron chi connectivity index (χ1n) is 20.4. The molecule has 12 heteroatoms. The van der Waals surface area contributed by atoms with E-state index in [0.717, 1.165) is 47.4 Å². The number of amides is 4. The van der Waals surface area contributed by atoms with Gasteiger partial charge in [-0.25, -0.2) is 0 Å².